The highest BCUT2D eigenvalue weighted by atomic mass is 32.1. The van der Waals surface area contributed by atoms with Crippen LogP contribution in [-0.4, -0.2) is 33.4 Å². The minimum Gasteiger partial charge on any atom is -0.360 e. The van der Waals surface area contributed by atoms with Crippen LogP contribution in [0.1, 0.15) is 19.3 Å². The highest BCUT2D eigenvalue weighted by molar-refractivity contribution is 7.09. The molecule has 1 aromatic heterocycles. The van der Waals surface area contributed by atoms with Crippen molar-refractivity contribution in [2.45, 2.75) is 24.8 Å². The Morgan fingerprint density at radius 1 is 1.29 bits per heavy atom. The summed E-state index contributed by atoms with van der Waals surface area (Å²) in [6.07, 6.45) is 2.50. The molecule has 124 valence electrons. The number of anilines is 1. The van der Waals surface area contributed by atoms with E-state index in [1.54, 1.807) is 0 Å². The van der Waals surface area contributed by atoms with Gasteiger partial charge in [0.2, 0.25) is 5.13 Å². The Bertz CT molecular complexity index is 778. The Hall–Kier alpha value is -2.48. The van der Waals surface area contributed by atoms with Gasteiger partial charge >= 0.3 is 6.03 Å². The van der Waals surface area contributed by atoms with Gasteiger partial charge in [-0.1, -0.05) is 36.8 Å². The normalized spacial score (nSPS) is 25.8. The van der Waals surface area contributed by atoms with Crippen LogP contribution in [0.4, 0.5) is 9.93 Å². The zero-order valence-corrected chi connectivity index (χ0v) is 13.7. The molecule has 8 heteroatoms. The van der Waals surface area contributed by atoms with Gasteiger partial charge in [0, 0.05) is 29.6 Å². The van der Waals surface area contributed by atoms with E-state index in [1.807, 2.05) is 30.3 Å². The molecule has 2 atom stereocenters. The minimum atomic E-state index is -0.767. The first-order valence-corrected chi connectivity index (χ1v) is 8.71. The first kappa shape index (κ1) is 15.1. The summed E-state index contributed by atoms with van der Waals surface area (Å²) in [6.45, 7) is 0.580. The molecule has 1 aliphatic heterocycles. The zero-order valence-electron chi connectivity index (χ0n) is 12.9. The van der Waals surface area contributed by atoms with Crippen molar-refractivity contribution in [1.82, 2.24) is 20.0 Å². The van der Waals surface area contributed by atoms with Gasteiger partial charge in [-0.15, -0.1) is 0 Å². The molecular formula is C16H17N5O2S. The fourth-order valence-corrected chi connectivity index (χ4v) is 4.13. The number of imide groups is 1. The summed E-state index contributed by atoms with van der Waals surface area (Å²) in [5, 5.41) is 9.19. The van der Waals surface area contributed by atoms with Gasteiger partial charge in [-0.3, -0.25) is 10.1 Å². The number of carbonyl (C=O) groups is 2. The van der Waals surface area contributed by atoms with Crippen LogP contribution < -0.4 is 16.0 Å². The van der Waals surface area contributed by atoms with Gasteiger partial charge in [0.05, 0.1) is 0 Å². The van der Waals surface area contributed by atoms with Crippen molar-refractivity contribution in [2.75, 3.05) is 11.9 Å². The van der Waals surface area contributed by atoms with Crippen LogP contribution in [-0.2, 0) is 4.79 Å². The second-order valence-corrected chi connectivity index (χ2v) is 6.89. The van der Waals surface area contributed by atoms with Crippen LogP contribution in [0.15, 0.2) is 30.3 Å². The van der Waals surface area contributed by atoms with Crippen LogP contribution in [0.25, 0.3) is 11.4 Å². The van der Waals surface area contributed by atoms with E-state index in [0.717, 1.165) is 23.5 Å². The van der Waals surface area contributed by atoms with Crippen molar-refractivity contribution >= 4 is 28.6 Å². The summed E-state index contributed by atoms with van der Waals surface area (Å²) >= 11 is 1.30. The van der Waals surface area contributed by atoms with E-state index in [4.69, 9.17) is 0 Å². The highest BCUT2D eigenvalue weighted by Crippen LogP contribution is 2.38. The molecule has 2 heterocycles. The predicted molar refractivity (Wildman–Crippen MR) is 90.6 cm³/mol. The number of nitrogens with zero attached hydrogens (tertiary/aromatic N) is 2. The second kappa shape index (κ2) is 5.86. The van der Waals surface area contributed by atoms with Crippen LogP contribution in [0.2, 0.25) is 0 Å². The lowest BCUT2D eigenvalue weighted by atomic mass is 9.87. The Morgan fingerprint density at radius 3 is 2.88 bits per heavy atom. The quantitative estimate of drug-likeness (QED) is 0.738. The molecule has 3 amide bonds. The predicted octanol–water partition coefficient (Wildman–Crippen LogP) is 2.00. The molecule has 24 heavy (non-hydrogen) atoms. The smallest absolute Gasteiger partial charge is 0.322 e. The van der Waals surface area contributed by atoms with Gasteiger partial charge in [0.15, 0.2) is 5.82 Å². The average Bonchev–Trinajstić information content (AvgIpc) is 3.27. The molecule has 1 spiro atoms. The second-order valence-electron chi connectivity index (χ2n) is 6.14. The number of hydrogen-bond donors (Lipinski definition) is 3. The minimum absolute atomic E-state index is 0.0491. The highest BCUT2D eigenvalue weighted by Gasteiger charge is 2.54. The SMILES string of the molecule is O=C1NC(=O)[C@]2(CCC[C@@H]2CNc2nc(-c3ccccc3)ns2)N1. The van der Waals surface area contributed by atoms with Gasteiger partial charge in [0.1, 0.15) is 5.54 Å². The van der Waals surface area contributed by atoms with E-state index in [1.165, 1.54) is 11.5 Å². The van der Waals surface area contributed by atoms with E-state index >= 15 is 0 Å². The van der Waals surface area contributed by atoms with Gasteiger partial charge < -0.3 is 10.6 Å². The Labute approximate surface area is 143 Å². The summed E-state index contributed by atoms with van der Waals surface area (Å²) in [7, 11) is 0. The van der Waals surface area contributed by atoms with E-state index in [0.29, 0.717) is 18.8 Å². The Morgan fingerprint density at radius 2 is 2.12 bits per heavy atom. The van der Waals surface area contributed by atoms with Gasteiger partial charge in [0.25, 0.3) is 5.91 Å². The van der Waals surface area contributed by atoms with Crippen LogP contribution in [0, 0.1) is 5.92 Å². The molecule has 2 aromatic rings. The number of aromatic nitrogens is 2. The summed E-state index contributed by atoms with van der Waals surface area (Å²) in [5.74, 6) is 0.531. The topological polar surface area (TPSA) is 96.0 Å². The number of urea groups is 1. The average molecular weight is 343 g/mol. The first-order chi connectivity index (χ1) is 11.7. The molecule has 0 bridgehead atoms. The molecule has 3 N–H and O–H groups in total. The van der Waals surface area contributed by atoms with Crippen molar-refractivity contribution in [1.29, 1.82) is 0 Å². The monoisotopic (exact) mass is 343 g/mol. The molecule has 1 saturated heterocycles. The fourth-order valence-electron chi connectivity index (χ4n) is 3.53. The Balaban J connectivity index is 1.45. The van der Waals surface area contributed by atoms with Crippen molar-refractivity contribution < 1.29 is 9.59 Å². The first-order valence-electron chi connectivity index (χ1n) is 7.94. The third kappa shape index (κ3) is 2.52. The third-order valence-electron chi connectivity index (χ3n) is 4.75. The number of amides is 3. The number of nitrogens with one attached hydrogen (secondary N) is 3. The standard InChI is InChI=1S/C16H17N5O2S/c22-13-16(20-14(23)19-13)8-4-7-11(16)9-17-15-18-12(21-24-15)10-5-2-1-3-6-10/h1-3,5-6,11H,4,7-9H2,(H,17,18,21)(H2,19,20,22,23)/t11-,16-/m1/s1. The molecule has 0 unspecified atom stereocenters. The number of hydrogen-bond acceptors (Lipinski definition) is 6. The van der Waals surface area contributed by atoms with Crippen molar-refractivity contribution in [2.24, 2.45) is 5.92 Å². The molecule has 2 aliphatic rings. The van der Waals surface area contributed by atoms with Crippen molar-refractivity contribution in [3.63, 3.8) is 0 Å². The number of benzene rings is 1. The number of carbonyl (C=O) groups excluding carboxylic acids is 2. The maximum Gasteiger partial charge on any atom is 0.322 e. The lowest BCUT2D eigenvalue weighted by Gasteiger charge is -2.27. The van der Waals surface area contributed by atoms with Crippen molar-refractivity contribution in [3.8, 4) is 11.4 Å². The van der Waals surface area contributed by atoms with Crippen LogP contribution in [0.5, 0.6) is 0 Å². The van der Waals surface area contributed by atoms with Crippen molar-refractivity contribution in [3.05, 3.63) is 30.3 Å². The molecule has 1 aliphatic carbocycles. The zero-order chi connectivity index (χ0) is 16.6. The lowest BCUT2D eigenvalue weighted by Crippen LogP contribution is -2.51. The summed E-state index contributed by atoms with van der Waals surface area (Å²) in [5.41, 5.74) is 0.207. The van der Waals surface area contributed by atoms with E-state index < -0.39 is 11.6 Å². The molecule has 1 saturated carbocycles. The molecular weight excluding hydrogens is 326 g/mol. The largest absolute Gasteiger partial charge is 0.360 e. The lowest BCUT2D eigenvalue weighted by molar-refractivity contribution is -0.125. The Kier molecular flexibility index (Phi) is 3.68. The number of rotatable bonds is 4. The van der Waals surface area contributed by atoms with Crippen LogP contribution in [0.3, 0.4) is 0 Å². The van der Waals surface area contributed by atoms with E-state index in [-0.39, 0.29) is 11.8 Å². The molecule has 7 nitrogen and oxygen atoms in total. The van der Waals surface area contributed by atoms with E-state index in [2.05, 4.69) is 25.3 Å². The fraction of sp³-hybridized carbons (Fsp3) is 0.375. The molecule has 1 aromatic carbocycles. The maximum atomic E-state index is 12.2. The molecule has 0 radical (unpaired) electrons. The summed E-state index contributed by atoms with van der Waals surface area (Å²) < 4.78 is 4.37. The molecule has 4 rings (SSSR count). The van der Waals surface area contributed by atoms with Crippen LogP contribution >= 0.6 is 11.5 Å². The summed E-state index contributed by atoms with van der Waals surface area (Å²) in [6, 6.07) is 9.40. The summed E-state index contributed by atoms with van der Waals surface area (Å²) in [4.78, 5) is 28.2. The maximum absolute atomic E-state index is 12.2. The van der Waals surface area contributed by atoms with E-state index in [9.17, 15) is 9.59 Å². The van der Waals surface area contributed by atoms with Gasteiger partial charge in [-0.25, -0.2) is 4.79 Å². The third-order valence-corrected chi connectivity index (χ3v) is 5.42. The van der Waals surface area contributed by atoms with Gasteiger partial charge in [-0.05, 0) is 12.8 Å². The van der Waals surface area contributed by atoms with Gasteiger partial charge in [-0.2, -0.15) is 9.36 Å². The molecule has 2 fully saturated rings.